The van der Waals surface area contributed by atoms with Crippen LogP contribution in [-0.2, 0) is 4.79 Å². The van der Waals surface area contributed by atoms with E-state index in [1.165, 1.54) is 40.4 Å². The van der Waals surface area contributed by atoms with Crippen molar-refractivity contribution in [3.8, 4) is 23.0 Å². The van der Waals surface area contributed by atoms with Gasteiger partial charge in [0.15, 0.2) is 11.5 Å². The Balaban J connectivity index is 1.77. The molecule has 0 fully saturated rings. The first-order valence-electron chi connectivity index (χ1n) is 11.2. The Labute approximate surface area is 211 Å². The van der Waals surface area contributed by atoms with Crippen LogP contribution >= 0.6 is 0 Å². The average molecular weight is 507 g/mol. The highest BCUT2D eigenvalue weighted by molar-refractivity contribution is 5.94. The monoisotopic (exact) mass is 507 g/mol. The van der Waals surface area contributed by atoms with E-state index in [-0.39, 0.29) is 35.0 Å². The van der Waals surface area contributed by atoms with Gasteiger partial charge in [-0.3, -0.25) is 4.79 Å². The second kappa shape index (κ2) is 10.5. The van der Waals surface area contributed by atoms with Crippen LogP contribution in [0.2, 0.25) is 0 Å². The second-order valence-electron chi connectivity index (χ2n) is 8.18. The quantitative estimate of drug-likeness (QED) is 0.340. The molecule has 1 unspecified atom stereocenters. The lowest BCUT2D eigenvalue weighted by molar-refractivity contribution is -0.116. The molecule has 0 aliphatic heterocycles. The highest BCUT2D eigenvalue weighted by Gasteiger charge is 2.30. The Bertz CT molecular complexity index is 1590. The summed E-state index contributed by atoms with van der Waals surface area (Å²) in [6.07, 6.45) is -0.255. The van der Waals surface area contributed by atoms with Crippen molar-refractivity contribution in [2.24, 2.45) is 0 Å². The molecule has 2 aromatic carbocycles. The number of amides is 1. The van der Waals surface area contributed by atoms with Crippen LogP contribution in [-0.4, -0.2) is 32.3 Å². The van der Waals surface area contributed by atoms with E-state index in [4.69, 9.17) is 23.0 Å². The van der Waals surface area contributed by atoms with E-state index in [9.17, 15) is 19.5 Å². The van der Waals surface area contributed by atoms with Crippen molar-refractivity contribution in [3.05, 3.63) is 86.3 Å². The van der Waals surface area contributed by atoms with Gasteiger partial charge in [0.05, 0.1) is 26.9 Å². The van der Waals surface area contributed by atoms with Gasteiger partial charge in [0.1, 0.15) is 17.1 Å². The minimum absolute atomic E-state index is 0.105. The van der Waals surface area contributed by atoms with Crippen molar-refractivity contribution in [2.75, 3.05) is 26.6 Å². The maximum absolute atomic E-state index is 13.2. The SMILES string of the molecule is COc1ccc(C(CC(=O)Nc2ccc3oc(=O)ccc3c2)c2c(O)cc(C)oc2=O)c(OC)c1OC. The van der Waals surface area contributed by atoms with E-state index in [1.807, 2.05) is 0 Å². The van der Waals surface area contributed by atoms with Crippen molar-refractivity contribution in [3.63, 3.8) is 0 Å². The zero-order chi connectivity index (χ0) is 26.7. The van der Waals surface area contributed by atoms with Gasteiger partial charge in [-0.15, -0.1) is 0 Å². The zero-order valence-electron chi connectivity index (χ0n) is 20.6. The summed E-state index contributed by atoms with van der Waals surface area (Å²) in [6, 6.07) is 12.2. The van der Waals surface area contributed by atoms with E-state index >= 15 is 0 Å². The van der Waals surface area contributed by atoms with Crippen molar-refractivity contribution in [1.82, 2.24) is 0 Å². The third-order valence-electron chi connectivity index (χ3n) is 5.84. The number of carbonyl (C=O) groups excluding carboxylic acids is 1. The molecule has 2 heterocycles. The first-order valence-corrected chi connectivity index (χ1v) is 11.2. The van der Waals surface area contributed by atoms with E-state index in [1.54, 1.807) is 36.4 Å². The Hall–Kier alpha value is -4.73. The number of hydrogen-bond acceptors (Lipinski definition) is 9. The molecule has 4 rings (SSSR count). The van der Waals surface area contributed by atoms with Crippen LogP contribution in [0.4, 0.5) is 5.69 Å². The lowest BCUT2D eigenvalue weighted by atomic mass is 9.87. The van der Waals surface area contributed by atoms with Crippen LogP contribution < -0.4 is 30.8 Å². The third kappa shape index (κ3) is 5.13. The first kappa shape index (κ1) is 25.4. The molecule has 0 aliphatic carbocycles. The maximum Gasteiger partial charge on any atom is 0.343 e. The number of methoxy groups -OCH3 is 3. The predicted octanol–water partition coefficient (Wildman–Crippen LogP) is 3.95. The van der Waals surface area contributed by atoms with Crippen LogP contribution in [0.25, 0.3) is 11.0 Å². The average Bonchev–Trinajstić information content (AvgIpc) is 2.86. The van der Waals surface area contributed by atoms with Crippen LogP contribution in [0.3, 0.4) is 0 Å². The van der Waals surface area contributed by atoms with Gasteiger partial charge in [0, 0.05) is 41.1 Å². The van der Waals surface area contributed by atoms with E-state index in [0.717, 1.165) is 0 Å². The van der Waals surface area contributed by atoms with Gasteiger partial charge < -0.3 is 33.5 Å². The van der Waals surface area contributed by atoms with Gasteiger partial charge in [-0.1, -0.05) is 6.07 Å². The van der Waals surface area contributed by atoms with Crippen molar-refractivity contribution in [1.29, 1.82) is 0 Å². The van der Waals surface area contributed by atoms with Gasteiger partial charge >= 0.3 is 11.3 Å². The van der Waals surface area contributed by atoms with Crippen LogP contribution in [0.1, 0.15) is 29.2 Å². The normalized spacial score (nSPS) is 11.7. The highest BCUT2D eigenvalue weighted by Crippen LogP contribution is 2.46. The molecule has 2 N–H and O–H groups in total. The molecule has 0 saturated heterocycles. The summed E-state index contributed by atoms with van der Waals surface area (Å²) in [5, 5.41) is 14.1. The summed E-state index contributed by atoms with van der Waals surface area (Å²) in [5.74, 6) is -0.641. The standard InChI is InChI=1S/C27H25NO9/c1-14-11-19(29)24(27(32)36-14)18(17-7-9-21(33-2)26(35-4)25(17)34-3)13-22(30)28-16-6-8-20-15(12-16)5-10-23(31)37-20/h5-12,18,29H,13H2,1-4H3,(H,28,30). The lowest BCUT2D eigenvalue weighted by Crippen LogP contribution is -2.21. The zero-order valence-corrected chi connectivity index (χ0v) is 20.6. The second-order valence-corrected chi connectivity index (χ2v) is 8.18. The fraction of sp³-hybridized carbons (Fsp3) is 0.222. The first-order chi connectivity index (χ1) is 17.7. The fourth-order valence-electron chi connectivity index (χ4n) is 4.24. The lowest BCUT2D eigenvalue weighted by Gasteiger charge is -2.22. The molecule has 1 amide bonds. The number of fused-ring (bicyclic) bond motifs is 1. The number of carbonyl (C=O) groups is 1. The third-order valence-corrected chi connectivity index (χ3v) is 5.84. The number of aromatic hydroxyl groups is 1. The molecule has 10 heteroatoms. The topological polar surface area (TPSA) is 137 Å². The smallest absolute Gasteiger partial charge is 0.343 e. The number of nitrogens with one attached hydrogen (secondary N) is 1. The van der Waals surface area contributed by atoms with E-state index < -0.39 is 23.1 Å². The number of benzene rings is 2. The van der Waals surface area contributed by atoms with Crippen LogP contribution in [0.15, 0.2) is 67.0 Å². The van der Waals surface area contributed by atoms with Gasteiger partial charge in [-0.2, -0.15) is 0 Å². The van der Waals surface area contributed by atoms with E-state index in [2.05, 4.69) is 5.32 Å². The van der Waals surface area contributed by atoms with E-state index in [0.29, 0.717) is 28.0 Å². The largest absolute Gasteiger partial charge is 0.507 e. The molecule has 10 nitrogen and oxygen atoms in total. The Morgan fingerprint density at radius 1 is 0.946 bits per heavy atom. The molecule has 0 saturated carbocycles. The summed E-state index contributed by atoms with van der Waals surface area (Å²) in [7, 11) is 4.32. The summed E-state index contributed by atoms with van der Waals surface area (Å²) in [4.78, 5) is 37.5. The molecular formula is C27H25NO9. The molecule has 0 aliphatic rings. The minimum Gasteiger partial charge on any atom is -0.507 e. The number of anilines is 1. The highest BCUT2D eigenvalue weighted by atomic mass is 16.5. The molecule has 0 spiro atoms. The Kier molecular flexibility index (Phi) is 7.19. The summed E-state index contributed by atoms with van der Waals surface area (Å²) < 4.78 is 26.8. The minimum atomic E-state index is -0.968. The number of ether oxygens (including phenoxy) is 3. The van der Waals surface area contributed by atoms with Gasteiger partial charge in [0.25, 0.3) is 0 Å². The summed E-state index contributed by atoms with van der Waals surface area (Å²) >= 11 is 0. The van der Waals surface area contributed by atoms with Gasteiger partial charge in [-0.05, 0) is 37.3 Å². The van der Waals surface area contributed by atoms with Crippen LogP contribution in [0.5, 0.6) is 23.0 Å². The summed E-state index contributed by atoms with van der Waals surface area (Å²) in [6.45, 7) is 1.53. The van der Waals surface area contributed by atoms with Crippen molar-refractivity contribution >= 4 is 22.6 Å². The van der Waals surface area contributed by atoms with Gasteiger partial charge in [0.2, 0.25) is 11.7 Å². The number of hydrogen-bond donors (Lipinski definition) is 2. The number of aryl methyl sites for hydroxylation is 1. The fourth-order valence-corrected chi connectivity index (χ4v) is 4.24. The molecule has 192 valence electrons. The van der Waals surface area contributed by atoms with Crippen LogP contribution in [0, 0.1) is 6.92 Å². The number of rotatable bonds is 8. The maximum atomic E-state index is 13.2. The molecule has 37 heavy (non-hydrogen) atoms. The molecule has 1 atom stereocenters. The Morgan fingerprint density at radius 3 is 2.38 bits per heavy atom. The molecular weight excluding hydrogens is 482 g/mol. The molecule has 0 radical (unpaired) electrons. The van der Waals surface area contributed by atoms with Crippen molar-refractivity contribution < 1.29 is 32.9 Å². The summed E-state index contributed by atoms with van der Waals surface area (Å²) in [5.41, 5.74) is -0.139. The molecule has 2 aromatic heterocycles. The molecule has 0 bridgehead atoms. The Morgan fingerprint density at radius 2 is 1.70 bits per heavy atom. The molecule has 4 aromatic rings. The van der Waals surface area contributed by atoms with Crippen molar-refractivity contribution in [2.45, 2.75) is 19.3 Å². The predicted molar refractivity (Wildman–Crippen MR) is 135 cm³/mol. The van der Waals surface area contributed by atoms with Gasteiger partial charge in [-0.25, -0.2) is 9.59 Å².